The van der Waals surface area contributed by atoms with Crippen molar-refractivity contribution in [2.24, 2.45) is 0 Å². The number of hydrogen-bond acceptors (Lipinski definition) is 2. The number of aromatic nitrogens is 1. The van der Waals surface area contributed by atoms with Crippen LogP contribution < -0.4 is 5.32 Å². The van der Waals surface area contributed by atoms with Crippen LogP contribution >= 0.6 is 0 Å². The third kappa shape index (κ3) is 2.44. The lowest BCUT2D eigenvalue weighted by Crippen LogP contribution is -2.41. The molecule has 1 aromatic heterocycles. The Morgan fingerprint density at radius 3 is 2.56 bits per heavy atom. The molecule has 1 heterocycles. The second-order valence-electron chi connectivity index (χ2n) is 2.73. The normalized spacial score (nSPS) is 11.6. The van der Waals surface area contributed by atoms with Crippen LogP contribution in [0.25, 0.3) is 0 Å². The van der Waals surface area contributed by atoms with Crippen LogP contribution in [0.1, 0.15) is 0 Å². The van der Waals surface area contributed by atoms with Gasteiger partial charge in [0, 0.05) is 6.20 Å². The highest BCUT2D eigenvalue weighted by molar-refractivity contribution is 5.96. The zero-order valence-electron chi connectivity index (χ0n) is 7.55. The van der Waals surface area contributed by atoms with Gasteiger partial charge < -0.3 is 5.32 Å². The average molecular weight is 240 g/mol. The van der Waals surface area contributed by atoms with Crippen LogP contribution in [0.2, 0.25) is 0 Å². The predicted octanol–water partition coefficient (Wildman–Crippen LogP) is 2.06. The minimum absolute atomic E-state index is 0.639. The lowest BCUT2D eigenvalue weighted by atomic mass is 10.3. The minimum Gasteiger partial charge on any atom is -0.318 e. The molecule has 0 saturated carbocycles. The fraction of sp³-hybridized carbons (Fsp3) is 0.250. The number of anilines is 1. The van der Waals surface area contributed by atoms with Gasteiger partial charge in [0.05, 0.1) is 11.9 Å². The van der Waals surface area contributed by atoms with Crippen LogP contribution in [0.15, 0.2) is 18.5 Å². The first-order valence-corrected chi connectivity index (χ1v) is 3.92. The van der Waals surface area contributed by atoms with Gasteiger partial charge in [0.2, 0.25) is 0 Å². The largest absolute Gasteiger partial charge is 0.383 e. The van der Waals surface area contributed by atoms with Gasteiger partial charge in [-0.1, -0.05) is 0 Å². The molecule has 16 heavy (non-hydrogen) atoms. The number of pyridine rings is 1. The van der Waals surface area contributed by atoms with E-state index in [2.05, 4.69) is 4.98 Å². The van der Waals surface area contributed by atoms with Crippen LogP contribution in [-0.4, -0.2) is 23.2 Å². The lowest BCUT2D eigenvalue weighted by Gasteiger charge is -2.14. The maximum Gasteiger partial charge on any atom is 0.383 e. The van der Waals surface area contributed by atoms with Crippen LogP contribution in [0.3, 0.4) is 0 Å². The number of rotatable bonds is 3. The van der Waals surface area contributed by atoms with Crippen molar-refractivity contribution < 1.29 is 26.7 Å². The molecule has 0 aliphatic rings. The van der Waals surface area contributed by atoms with E-state index in [-0.39, 0.29) is 0 Å². The van der Waals surface area contributed by atoms with Gasteiger partial charge >= 0.3 is 18.3 Å². The van der Waals surface area contributed by atoms with Gasteiger partial charge in [-0.25, -0.2) is 13.2 Å². The summed E-state index contributed by atoms with van der Waals surface area (Å²) < 4.78 is 61.2. The molecule has 0 saturated heterocycles. The molecule has 0 bridgehead atoms. The lowest BCUT2D eigenvalue weighted by molar-refractivity contribution is -0.163. The topological polar surface area (TPSA) is 42.0 Å². The zero-order valence-corrected chi connectivity index (χ0v) is 7.55. The fourth-order valence-corrected chi connectivity index (χ4v) is 0.781. The highest BCUT2D eigenvalue weighted by Crippen LogP contribution is 2.25. The smallest absolute Gasteiger partial charge is 0.318 e. The number of alkyl halides is 4. The van der Waals surface area contributed by atoms with Gasteiger partial charge in [-0.2, -0.15) is 8.78 Å². The number of carbonyl (C=O) groups excluding carboxylic acids is 1. The van der Waals surface area contributed by atoms with E-state index in [4.69, 9.17) is 0 Å². The maximum atomic E-state index is 12.8. The van der Waals surface area contributed by atoms with E-state index in [1.54, 1.807) is 0 Å². The van der Waals surface area contributed by atoms with Crippen LogP contribution in [-0.2, 0) is 4.79 Å². The van der Waals surface area contributed by atoms with E-state index in [1.165, 1.54) is 5.32 Å². The standard InChI is InChI=1S/C8H5F5N2O/c9-4-3-14-2-1-5(4)15-7(16)8(12,13)6(10)11/h1-3,6H,(H,14,15,16). The van der Waals surface area contributed by atoms with Crippen molar-refractivity contribution in [3.8, 4) is 0 Å². The number of hydrogen-bond donors (Lipinski definition) is 1. The van der Waals surface area contributed by atoms with E-state index in [9.17, 15) is 26.7 Å². The van der Waals surface area contributed by atoms with Gasteiger partial charge in [0.15, 0.2) is 5.82 Å². The molecular formula is C8H5F5N2O. The van der Waals surface area contributed by atoms with E-state index in [0.717, 1.165) is 12.3 Å². The van der Waals surface area contributed by atoms with E-state index >= 15 is 0 Å². The third-order valence-electron chi connectivity index (χ3n) is 1.60. The maximum absolute atomic E-state index is 12.8. The molecular weight excluding hydrogens is 235 g/mol. The van der Waals surface area contributed by atoms with Gasteiger partial charge in [-0.05, 0) is 6.07 Å². The Labute approximate surface area is 86.3 Å². The molecule has 0 fully saturated rings. The monoisotopic (exact) mass is 240 g/mol. The molecule has 1 amide bonds. The van der Waals surface area contributed by atoms with Crippen molar-refractivity contribution >= 4 is 11.6 Å². The number of nitrogens with zero attached hydrogens (tertiary/aromatic N) is 1. The molecule has 8 heteroatoms. The fourth-order valence-electron chi connectivity index (χ4n) is 0.781. The van der Waals surface area contributed by atoms with Crippen molar-refractivity contribution in [3.63, 3.8) is 0 Å². The Balaban J connectivity index is 2.84. The molecule has 88 valence electrons. The van der Waals surface area contributed by atoms with Crippen molar-refractivity contribution in [3.05, 3.63) is 24.3 Å². The Hall–Kier alpha value is -1.73. The van der Waals surface area contributed by atoms with Crippen LogP contribution in [0.5, 0.6) is 0 Å². The number of amides is 1. The first-order valence-electron chi connectivity index (χ1n) is 3.92. The number of halogens is 5. The average Bonchev–Trinajstić information content (AvgIpc) is 2.21. The molecule has 0 radical (unpaired) electrons. The van der Waals surface area contributed by atoms with E-state index in [1.807, 2.05) is 0 Å². The summed E-state index contributed by atoms with van der Waals surface area (Å²) in [6, 6.07) is 0.870. The Morgan fingerprint density at radius 1 is 1.44 bits per heavy atom. The summed E-state index contributed by atoms with van der Waals surface area (Å²) in [5, 5.41) is 1.35. The van der Waals surface area contributed by atoms with Gasteiger partial charge in [-0.15, -0.1) is 0 Å². The van der Waals surface area contributed by atoms with Crippen LogP contribution in [0.4, 0.5) is 27.6 Å². The Kier molecular flexibility index (Phi) is 3.41. The van der Waals surface area contributed by atoms with Gasteiger partial charge in [0.1, 0.15) is 0 Å². The van der Waals surface area contributed by atoms with Crippen molar-refractivity contribution in [1.82, 2.24) is 4.98 Å². The first kappa shape index (κ1) is 12.3. The summed E-state index contributed by atoms with van der Waals surface area (Å²) in [5.74, 6) is -8.23. The molecule has 0 aliphatic heterocycles. The molecule has 0 aliphatic carbocycles. The van der Waals surface area contributed by atoms with Crippen LogP contribution in [0, 0.1) is 5.82 Å². The van der Waals surface area contributed by atoms with Crippen molar-refractivity contribution in [2.45, 2.75) is 12.3 Å². The molecule has 3 nitrogen and oxygen atoms in total. The van der Waals surface area contributed by atoms with E-state index < -0.39 is 29.8 Å². The van der Waals surface area contributed by atoms with Gasteiger partial charge in [0.25, 0.3) is 0 Å². The Bertz CT molecular complexity index is 396. The van der Waals surface area contributed by atoms with Gasteiger partial charge in [-0.3, -0.25) is 9.78 Å². The zero-order chi connectivity index (χ0) is 12.3. The summed E-state index contributed by atoms with van der Waals surface area (Å²) in [6.07, 6.45) is -2.49. The third-order valence-corrected chi connectivity index (χ3v) is 1.60. The second-order valence-corrected chi connectivity index (χ2v) is 2.73. The molecule has 0 aromatic carbocycles. The summed E-state index contributed by atoms with van der Waals surface area (Å²) in [7, 11) is 0. The molecule has 1 N–H and O–H groups in total. The predicted molar refractivity (Wildman–Crippen MR) is 43.8 cm³/mol. The summed E-state index contributed by atoms with van der Waals surface area (Å²) in [5.41, 5.74) is -0.639. The Morgan fingerprint density at radius 2 is 2.06 bits per heavy atom. The molecule has 1 aromatic rings. The molecule has 0 atom stereocenters. The number of carbonyl (C=O) groups is 1. The SMILES string of the molecule is O=C(Nc1ccncc1F)C(F)(F)C(F)F. The number of nitrogens with one attached hydrogen (secondary N) is 1. The highest BCUT2D eigenvalue weighted by Gasteiger charge is 2.49. The second kappa shape index (κ2) is 4.42. The van der Waals surface area contributed by atoms with E-state index in [0.29, 0.717) is 6.20 Å². The molecule has 0 spiro atoms. The summed E-state index contributed by atoms with van der Waals surface area (Å²) >= 11 is 0. The summed E-state index contributed by atoms with van der Waals surface area (Å²) in [4.78, 5) is 14.0. The molecule has 0 unspecified atom stereocenters. The summed E-state index contributed by atoms with van der Waals surface area (Å²) in [6.45, 7) is 0. The highest BCUT2D eigenvalue weighted by atomic mass is 19.3. The quantitative estimate of drug-likeness (QED) is 0.821. The molecule has 1 rings (SSSR count). The van der Waals surface area contributed by atoms with Crippen molar-refractivity contribution in [2.75, 3.05) is 5.32 Å². The first-order chi connectivity index (χ1) is 7.35. The van der Waals surface area contributed by atoms with Crippen molar-refractivity contribution in [1.29, 1.82) is 0 Å². The minimum atomic E-state index is -4.87.